The van der Waals surface area contributed by atoms with Gasteiger partial charge >= 0.3 is 0 Å². The summed E-state index contributed by atoms with van der Waals surface area (Å²) in [7, 11) is 0. The zero-order valence-corrected chi connectivity index (χ0v) is 9.08. The first-order chi connectivity index (χ1) is 7.35. The molecule has 0 spiro atoms. The first-order valence-corrected chi connectivity index (χ1v) is 5.74. The highest BCUT2D eigenvalue weighted by molar-refractivity contribution is 5.14. The summed E-state index contributed by atoms with van der Waals surface area (Å²) in [6.45, 7) is 1.30. The molecular weight excluding hydrogens is 186 g/mol. The number of aliphatic hydroxyl groups is 1. The predicted octanol–water partition coefficient (Wildman–Crippen LogP) is 1.73. The number of benzene rings is 1. The van der Waals surface area contributed by atoms with Crippen LogP contribution in [-0.2, 0) is 6.42 Å². The monoisotopic (exact) mass is 205 g/mol. The summed E-state index contributed by atoms with van der Waals surface area (Å²) in [5.74, 6) is 0. The molecule has 0 bridgehead atoms. The molecule has 0 amide bonds. The van der Waals surface area contributed by atoms with E-state index in [1.807, 2.05) is 6.07 Å². The van der Waals surface area contributed by atoms with Crippen molar-refractivity contribution in [1.29, 1.82) is 0 Å². The van der Waals surface area contributed by atoms with Crippen molar-refractivity contribution in [3.63, 3.8) is 0 Å². The van der Waals surface area contributed by atoms with Crippen LogP contribution in [-0.4, -0.2) is 23.8 Å². The number of rotatable bonds is 6. The van der Waals surface area contributed by atoms with Crippen LogP contribution >= 0.6 is 0 Å². The number of hydrogen-bond donors (Lipinski definition) is 2. The van der Waals surface area contributed by atoms with E-state index in [1.54, 1.807) is 0 Å². The van der Waals surface area contributed by atoms with E-state index in [-0.39, 0.29) is 5.54 Å². The van der Waals surface area contributed by atoms with Crippen LogP contribution in [0.5, 0.6) is 0 Å². The van der Waals surface area contributed by atoms with Crippen molar-refractivity contribution in [2.24, 2.45) is 0 Å². The molecule has 0 atom stereocenters. The van der Waals surface area contributed by atoms with Crippen LogP contribution in [0.3, 0.4) is 0 Å². The number of aryl methyl sites for hydroxylation is 1. The smallest absolute Gasteiger partial charge is 0.0613 e. The molecule has 2 N–H and O–H groups in total. The highest BCUT2D eigenvalue weighted by Gasteiger charge is 2.40. The Bertz CT molecular complexity index is 293. The third-order valence-corrected chi connectivity index (χ3v) is 3.14. The van der Waals surface area contributed by atoms with Gasteiger partial charge in [0.15, 0.2) is 0 Å². The van der Waals surface area contributed by atoms with Crippen LogP contribution in [0.25, 0.3) is 0 Å². The van der Waals surface area contributed by atoms with Crippen molar-refractivity contribution in [1.82, 2.24) is 5.32 Å². The van der Waals surface area contributed by atoms with Crippen LogP contribution in [0.15, 0.2) is 30.3 Å². The Morgan fingerprint density at radius 2 is 1.93 bits per heavy atom. The van der Waals surface area contributed by atoms with Gasteiger partial charge in [0.2, 0.25) is 0 Å². The Labute approximate surface area is 91.3 Å². The van der Waals surface area contributed by atoms with Crippen LogP contribution in [0, 0.1) is 0 Å². The first-order valence-electron chi connectivity index (χ1n) is 5.74. The molecule has 1 aromatic carbocycles. The number of nitrogens with one attached hydrogen (secondary N) is 1. The fourth-order valence-electron chi connectivity index (χ4n) is 1.83. The predicted molar refractivity (Wildman–Crippen MR) is 61.8 cm³/mol. The summed E-state index contributed by atoms with van der Waals surface area (Å²) in [5, 5.41) is 12.6. The topological polar surface area (TPSA) is 32.3 Å². The zero-order valence-electron chi connectivity index (χ0n) is 9.08. The van der Waals surface area contributed by atoms with E-state index >= 15 is 0 Å². The summed E-state index contributed by atoms with van der Waals surface area (Å²) < 4.78 is 0. The van der Waals surface area contributed by atoms with Gasteiger partial charge < -0.3 is 10.4 Å². The maximum absolute atomic E-state index is 9.11. The molecule has 0 radical (unpaired) electrons. The quantitative estimate of drug-likeness (QED) is 0.693. The Balaban J connectivity index is 1.63. The van der Waals surface area contributed by atoms with Crippen molar-refractivity contribution in [3.05, 3.63) is 35.9 Å². The summed E-state index contributed by atoms with van der Waals surface area (Å²) in [5.41, 5.74) is 1.49. The van der Waals surface area contributed by atoms with Crippen LogP contribution in [0.1, 0.15) is 24.8 Å². The van der Waals surface area contributed by atoms with Gasteiger partial charge in [-0.3, -0.25) is 0 Å². The van der Waals surface area contributed by atoms with E-state index in [4.69, 9.17) is 5.11 Å². The molecule has 15 heavy (non-hydrogen) atoms. The molecular formula is C13H19NO. The summed E-state index contributed by atoms with van der Waals surface area (Å²) >= 11 is 0. The SMILES string of the molecule is OCC1(NCCCc2ccccc2)CC1. The minimum Gasteiger partial charge on any atom is -0.394 e. The summed E-state index contributed by atoms with van der Waals surface area (Å²) in [6.07, 6.45) is 4.53. The highest BCUT2D eigenvalue weighted by Crippen LogP contribution is 2.34. The van der Waals surface area contributed by atoms with Crippen molar-refractivity contribution in [3.8, 4) is 0 Å². The van der Waals surface area contributed by atoms with Crippen LogP contribution in [0.4, 0.5) is 0 Å². The van der Waals surface area contributed by atoms with Gasteiger partial charge in [-0.25, -0.2) is 0 Å². The normalized spacial score (nSPS) is 17.7. The zero-order chi connectivity index (χ0) is 10.6. The average molecular weight is 205 g/mol. The first kappa shape index (κ1) is 10.7. The van der Waals surface area contributed by atoms with Gasteiger partial charge in [-0.05, 0) is 37.8 Å². The number of aliphatic hydroxyl groups excluding tert-OH is 1. The standard InChI is InChI=1S/C13H19NO/c15-11-13(8-9-13)14-10-4-7-12-5-2-1-3-6-12/h1-3,5-6,14-15H,4,7-11H2. The molecule has 0 aliphatic heterocycles. The van der Waals surface area contributed by atoms with Gasteiger partial charge in [-0.1, -0.05) is 30.3 Å². The van der Waals surface area contributed by atoms with Gasteiger partial charge in [0.25, 0.3) is 0 Å². The molecule has 2 rings (SSSR count). The molecule has 1 aliphatic rings. The van der Waals surface area contributed by atoms with E-state index in [9.17, 15) is 0 Å². The Morgan fingerprint density at radius 3 is 2.53 bits per heavy atom. The van der Waals surface area contributed by atoms with Crippen molar-refractivity contribution in [2.75, 3.05) is 13.2 Å². The van der Waals surface area contributed by atoms with Crippen molar-refractivity contribution >= 4 is 0 Å². The van der Waals surface area contributed by atoms with E-state index in [2.05, 4.69) is 29.6 Å². The largest absolute Gasteiger partial charge is 0.394 e. The fraction of sp³-hybridized carbons (Fsp3) is 0.538. The van der Waals surface area contributed by atoms with Gasteiger partial charge in [-0.15, -0.1) is 0 Å². The summed E-state index contributed by atoms with van der Waals surface area (Å²) in [6, 6.07) is 10.5. The summed E-state index contributed by atoms with van der Waals surface area (Å²) in [4.78, 5) is 0. The molecule has 1 fully saturated rings. The fourth-order valence-corrected chi connectivity index (χ4v) is 1.83. The van der Waals surface area contributed by atoms with Crippen LogP contribution in [0.2, 0.25) is 0 Å². The van der Waals surface area contributed by atoms with Gasteiger partial charge in [0.1, 0.15) is 0 Å². The Kier molecular flexibility index (Phi) is 3.39. The van der Waals surface area contributed by atoms with Crippen molar-refractivity contribution < 1.29 is 5.11 Å². The molecule has 0 heterocycles. The van der Waals surface area contributed by atoms with Gasteiger partial charge in [0.05, 0.1) is 6.61 Å². The number of hydrogen-bond acceptors (Lipinski definition) is 2. The van der Waals surface area contributed by atoms with E-state index in [1.165, 1.54) is 5.56 Å². The molecule has 1 aliphatic carbocycles. The maximum atomic E-state index is 9.11. The molecule has 82 valence electrons. The van der Waals surface area contributed by atoms with Crippen molar-refractivity contribution in [2.45, 2.75) is 31.2 Å². The molecule has 0 aromatic heterocycles. The lowest BCUT2D eigenvalue weighted by molar-refractivity contribution is 0.230. The second-order valence-electron chi connectivity index (χ2n) is 4.45. The lowest BCUT2D eigenvalue weighted by atomic mass is 10.1. The van der Waals surface area contributed by atoms with E-state index in [0.29, 0.717) is 6.61 Å². The minimum atomic E-state index is 0.0939. The third kappa shape index (κ3) is 3.05. The lowest BCUT2D eigenvalue weighted by Gasteiger charge is -2.13. The van der Waals surface area contributed by atoms with Gasteiger partial charge in [0, 0.05) is 5.54 Å². The second-order valence-corrected chi connectivity index (χ2v) is 4.45. The lowest BCUT2D eigenvalue weighted by Crippen LogP contribution is -2.35. The molecule has 2 nitrogen and oxygen atoms in total. The Morgan fingerprint density at radius 1 is 1.20 bits per heavy atom. The van der Waals surface area contributed by atoms with Crippen LogP contribution < -0.4 is 5.32 Å². The molecule has 1 saturated carbocycles. The van der Waals surface area contributed by atoms with E-state index < -0.39 is 0 Å². The third-order valence-electron chi connectivity index (χ3n) is 3.14. The molecule has 0 saturated heterocycles. The Hall–Kier alpha value is -0.860. The minimum absolute atomic E-state index is 0.0939. The average Bonchev–Trinajstić information content (AvgIpc) is 3.07. The molecule has 1 aromatic rings. The van der Waals surface area contributed by atoms with E-state index in [0.717, 1.165) is 32.2 Å². The molecule has 0 unspecified atom stereocenters. The highest BCUT2D eigenvalue weighted by atomic mass is 16.3. The van der Waals surface area contributed by atoms with Gasteiger partial charge in [-0.2, -0.15) is 0 Å². The maximum Gasteiger partial charge on any atom is 0.0613 e. The second kappa shape index (κ2) is 4.77. The molecule has 2 heteroatoms.